The van der Waals surface area contributed by atoms with Gasteiger partial charge in [0.1, 0.15) is 0 Å². The van der Waals surface area contributed by atoms with Crippen LogP contribution >= 0.6 is 11.6 Å². The number of hydrogen-bond acceptors (Lipinski definition) is 2. The van der Waals surface area contributed by atoms with Gasteiger partial charge >= 0.3 is 0 Å². The van der Waals surface area contributed by atoms with Gasteiger partial charge in [-0.15, -0.1) is 11.6 Å². The summed E-state index contributed by atoms with van der Waals surface area (Å²) in [6, 6.07) is 1.84. The largest absolute Gasteiger partial charge is 0.352 e. The third-order valence-corrected chi connectivity index (χ3v) is 2.62. The monoisotopic (exact) mass is 230 g/mol. The van der Waals surface area contributed by atoms with Crippen LogP contribution < -0.4 is 4.90 Å². The van der Waals surface area contributed by atoms with Gasteiger partial charge in [-0.2, -0.15) is 0 Å². The van der Waals surface area contributed by atoms with E-state index < -0.39 is 0 Å². The van der Waals surface area contributed by atoms with E-state index in [0.717, 1.165) is 6.54 Å². The number of pyridine rings is 1. The van der Waals surface area contributed by atoms with E-state index in [1.165, 1.54) is 0 Å². The van der Waals surface area contributed by atoms with Crippen LogP contribution in [0.5, 0.6) is 0 Å². The van der Waals surface area contributed by atoms with Gasteiger partial charge in [0.05, 0.1) is 5.88 Å². The lowest BCUT2D eigenvalue weighted by molar-refractivity contribution is 0.586. The molecule has 1 heterocycles. The smallest absolute Gasteiger partial charge is 0.170 e. The first-order valence-corrected chi connectivity index (χ1v) is 5.61. The Morgan fingerprint density at radius 1 is 1.53 bits per heavy atom. The number of aromatic nitrogens is 1. The van der Waals surface area contributed by atoms with Gasteiger partial charge in [0.15, 0.2) is 11.6 Å². The second-order valence-corrected chi connectivity index (χ2v) is 3.89. The van der Waals surface area contributed by atoms with E-state index in [0.29, 0.717) is 11.4 Å². The van der Waals surface area contributed by atoms with E-state index in [4.69, 9.17) is 11.6 Å². The Bertz CT molecular complexity index is 328. The zero-order valence-corrected chi connectivity index (χ0v) is 10.1. The van der Waals surface area contributed by atoms with Crippen LogP contribution in [0.25, 0.3) is 0 Å². The van der Waals surface area contributed by atoms with E-state index in [9.17, 15) is 4.39 Å². The van der Waals surface area contributed by atoms with Crippen molar-refractivity contribution in [2.24, 2.45) is 0 Å². The van der Waals surface area contributed by atoms with Crippen LogP contribution in [0.1, 0.15) is 26.3 Å². The maximum Gasteiger partial charge on any atom is 0.170 e. The molecule has 0 aliphatic carbocycles. The molecule has 0 saturated carbocycles. The summed E-state index contributed by atoms with van der Waals surface area (Å²) >= 11 is 5.65. The van der Waals surface area contributed by atoms with Crippen LogP contribution in [0.15, 0.2) is 12.3 Å². The molecule has 1 aromatic rings. The van der Waals surface area contributed by atoms with Gasteiger partial charge in [-0.1, -0.05) is 0 Å². The number of halogens is 2. The number of hydrogen-bond donors (Lipinski definition) is 0. The number of nitrogens with zero attached hydrogens (tertiary/aromatic N) is 2. The molecule has 0 aromatic carbocycles. The normalized spacial score (nSPS) is 10.8. The Hall–Kier alpha value is -0.830. The molecule has 1 rings (SSSR count). The molecule has 0 bridgehead atoms. The summed E-state index contributed by atoms with van der Waals surface area (Å²) in [5.41, 5.74) is 0.501. The first kappa shape index (κ1) is 12.2. The molecular weight excluding hydrogens is 215 g/mol. The summed E-state index contributed by atoms with van der Waals surface area (Å²) in [7, 11) is 0. The standard InChI is InChI=1S/C11H16ClFN2/c1-4-15(8(2)3)11-10(13)9(7-12)5-6-14-11/h5-6,8H,4,7H2,1-3H3. The maximum absolute atomic E-state index is 13.9. The molecule has 0 saturated heterocycles. The van der Waals surface area contributed by atoms with Gasteiger partial charge in [0, 0.05) is 24.3 Å². The van der Waals surface area contributed by atoms with E-state index in [-0.39, 0.29) is 17.7 Å². The van der Waals surface area contributed by atoms with Crippen molar-refractivity contribution in [2.75, 3.05) is 11.4 Å². The molecule has 4 heteroatoms. The van der Waals surface area contributed by atoms with E-state index >= 15 is 0 Å². The molecule has 0 amide bonds. The summed E-state index contributed by atoms with van der Waals surface area (Å²) in [6.45, 7) is 6.73. The van der Waals surface area contributed by atoms with Crippen LogP contribution in [-0.4, -0.2) is 17.6 Å². The van der Waals surface area contributed by atoms with Crippen molar-refractivity contribution in [3.63, 3.8) is 0 Å². The van der Waals surface area contributed by atoms with Crippen LogP contribution in [0.4, 0.5) is 10.2 Å². The van der Waals surface area contributed by atoms with Crippen molar-refractivity contribution >= 4 is 17.4 Å². The zero-order chi connectivity index (χ0) is 11.4. The third kappa shape index (κ3) is 2.59. The lowest BCUT2D eigenvalue weighted by Crippen LogP contribution is -2.32. The molecule has 0 atom stereocenters. The highest BCUT2D eigenvalue weighted by Crippen LogP contribution is 2.22. The number of rotatable bonds is 4. The molecule has 0 fully saturated rings. The fourth-order valence-corrected chi connectivity index (χ4v) is 1.74. The molecule has 0 aliphatic rings. The van der Waals surface area contributed by atoms with Gasteiger partial charge in [-0.25, -0.2) is 9.37 Å². The SMILES string of the molecule is CCN(c1nccc(CCl)c1F)C(C)C. The molecule has 2 nitrogen and oxygen atoms in total. The van der Waals surface area contributed by atoms with E-state index in [1.807, 2.05) is 25.7 Å². The van der Waals surface area contributed by atoms with Crippen LogP contribution in [0.3, 0.4) is 0 Å². The topological polar surface area (TPSA) is 16.1 Å². The lowest BCUT2D eigenvalue weighted by atomic mass is 10.2. The minimum absolute atomic E-state index is 0.178. The summed E-state index contributed by atoms with van der Waals surface area (Å²) in [6.07, 6.45) is 1.60. The van der Waals surface area contributed by atoms with Gasteiger partial charge < -0.3 is 4.90 Å². The Morgan fingerprint density at radius 2 is 2.20 bits per heavy atom. The Morgan fingerprint density at radius 3 is 2.67 bits per heavy atom. The first-order valence-electron chi connectivity index (χ1n) is 5.07. The van der Waals surface area contributed by atoms with Gasteiger partial charge in [-0.3, -0.25) is 0 Å². The Labute approximate surface area is 95.1 Å². The average Bonchev–Trinajstić information content (AvgIpc) is 2.21. The lowest BCUT2D eigenvalue weighted by Gasteiger charge is -2.26. The molecular formula is C11H16ClFN2. The molecule has 0 radical (unpaired) electrons. The highest BCUT2D eigenvalue weighted by molar-refractivity contribution is 6.17. The quantitative estimate of drug-likeness (QED) is 0.739. The van der Waals surface area contributed by atoms with Crippen LogP contribution in [-0.2, 0) is 5.88 Å². The maximum atomic E-state index is 13.9. The number of alkyl halides is 1. The van der Waals surface area contributed by atoms with Gasteiger partial charge in [-0.05, 0) is 26.8 Å². The van der Waals surface area contributed by atoms with Crippen molar-refractivity contribution in [3.05, 3.63) is 23.6 Å². The third-order valence-electron chi connectivity index (χ3n) is 2.33. The highest BCUT2D eigenvalue weighted by atomic mass is 35.5. The van der Waals surface area contributed by atoms with Crippen molar-refractivity contribution in [3.8, 4) is 0 Å². The van der Waals surface area contributed by atoms with Crippen molar-refractivity contribution < 1.29 is 4.39 Å². The minimum atomic E-state index is -0.303. The number of anilines is 1. The minimum Gasteiger partial charge on any atom is -0.352 e. The molecule has 0 unspecified atom stereocenters. The Kier molecular flexibility index (Phi) is 4.33. The second-order valence-electron chi connectivity index (χ2n) is 3.62. The summed E-state index contributed by atoms with van der Waals surface area (Å²) in [5.74, 6) is 0.269. The van der Waals surface area contributed by atoms with Crippen LogP contribution in [0, 0.1) is 5.82 Å². The first-order chi connectivity index (χ1) is 7.11. The molecule has 84 valence electrons. The second kappa shape index (κ2) is 5.31. The Balaban J connectivity index is 3.12. The average molecular weight is 231 g/mol. The molecule has 15 heavy (non-hydrogen) atoms. The van der Waals surface area contributed by atoms with Gasteiger partial charge in [0.25, 0.3) is 0 Å². The molecule has 0 spiro atoms. The summed E-state index contributed by atoms with van der Waals surface area (Å²) in [5, 5.41) is 0. The summed E-state index contributed by atoms with van der Waals surface area (Å²) in [4.78, 5) is 5.98. The van der Waals surface area contributed by atoms with Crippen molar-refractivity contribution in [2.45, 2.75) is 32.7 Å². The van der Waals surface area contributed by atoms with Gasteiger partial charge in [0.2, 0.25) is 0 Å². The van der Waals surface area contributed by atoms with E-state index in [2.05, 4.69) is 4.98 Å². The predicted octanol–water partition coefficient (Wildman–Crippen LogP) is 3.19. The predicted molar refractivity (Wildman–Crippen MR) is 61.9 cm³/mol. The molecule has 0 aliphatic heterocycles. The fourth-order valence-electron chi connectivity index (χ4n) is 1.53. The van der Waals surface area contributed by atoms with E-state index in [1.54, 1.807) is 12.3 Å². The molecule has 1 aromatic heterocycles. The van der Waals surface area contributed by atoms with Crippen LogP contribution in [0.2, 0.25) is 0 Å². The fraction of sp³-hybridized carbons (Fsp3) is 0.545. The highest BCUT2D eigenvalue weighted by Gasteiger charge is 2.16. The van der Waals surface area contributed by atoms with Crippen molar-refractivity contribution in [1.82, 2.24) is 4.98 Å². The summed E-state index contributed by atoms with van der Waals surface area (Å²) < 4.78 is 13.9. The molecule has 0 N–H and O–H groups in total. The zero-order valence-electron chi connectivity index (χ0n) is 9.30. The van der Waals surface area contributed by atoms with Crippen molar-refractivity contribution in [1.29, 1.82) is 0 Å².